The lowest BCUT2D eigenvalue weighted by atomic mass is 9.87. The van der Waals surface area contributed by atoms with E-state index in [0.29, 0.717) is 13.1 Å². The van der Waals surface area contributed by atoms with Gasteiger partial charge in [0.15, 0.2) is 9.84 Å². The quantitative estimate of drug-likeness (QED) is 0.698. The van der Waals surface area contributed by atoms with Gasteiger partial charge in [-0.2, -0.15) is 0 Å². The monoisotopic (exact) mass is 260 g/mol. The van der Waals surface area contributed by atoms with Crippen LogP contribution in [0.25, 0.3) is 0 Å². The fourth-order valence-electron chi connectivity index (χ4n) is 2.65. The second-order valence-corrected chi connectivity index (χ2v) is 7.68. The fraction of sp³-hybridized carbons (Fsp3) is 0.909. The van der Waals surface area contributed by atoms with Gasteiger partial charge in [-0.1, -0.05) is 0 Å². The average Bonchev–Trinajstić information content (AvgIpc) is 2.64. The summed E-state index contributed by atoms with van der Waals surface area (Å²) >= 11 is 0. The molecule has 2 rings (SSSR count). The Kier molecular flexibility index (Phi) is 3.20. The van der Waals surface area contributed by atoms with E-state index in [2.05, 4.69) is 5.32 Å². The van der Waals surface area contributed by atoms with Crippen molar-refractivity contribution in [1.82, 2.24) is 10.2 Å². The van der Waals surface area contributed by atoms with Crippen LogP contribution in [0.4, 0.5) is 0 Å². The molecule has 2 aliphatic heterocycles. The number of hydrogen-bond donors (Lipinski definition) is 1. The number of carbonyl (C=O) groups is 1. The van der Waals surface area contributed by atoms with Crippen LogP contribution >= 0.6 is 0 Å². The van der Waals surface area contributed by atoms with Crippen molar-refractivity contribution in [2.24, 2.45) is 5.41 Å². The minimum atomic E-state index is -2.95. The van der Waals surface area contributed by atoms with Crippen molar-refractivity contribution in [3.63, 3.8) is 0 Å². The van der Waals surface area contributed by atoms with Crippen molar-refractivity contribution < 1.29 is 13.2 Å². The van der Waals surface area contributed by atoms with E-state index in [0.717, 1.165) is 13.0 Å². The Morgan fingerprint density at radius 3 is 2.71 bits per heavy atom. The first-order valence-corrected chi connectivity index (χ1v) is 7.88. The van der Waals surface area contributed by atoms with E-state index in [1.165, 1.54) is 0 Å². The van der Waals surface area contributed by atoms with E-state index < -0.39 is 9.84 Å². The maximum atomic E-state index is 12.4. The number of nitrogens with zero attached hydrogens (tertiary/aromatic N) is 1. The van der Waals surface area contributed by atoms with Gasteiger partial charge >= 0.3 is 0 Å². The maximum absolute atomic E-state index is 12.4. The van der Waals surface area contributed by atoms with E-state index in [1.807, 2.05) is 13.8 Å². The van der Waals surface area contributed by atoms with Gasteiger partial charge in [-0.15, -0.1) is 0 Å². The van der Waals surface area contributed by atoms with Crippen LogP contribution in [0, 0.1) is 5.41 Å². The second kappa shape index (κ2) is 4.24. The number of hydrogen-bond acceptors (Lipinski definition) is 4. The molecule has 5 nitrogen and oxygen atoms in total. The van der Waals surface area contributed by atoms with Crippen molar-refractivity contribution in [3.05, 3.63) is 0 Å². The molecule has 0 spiro atoms. The fourth-order valence-corrected chi connectivity index (χ4v) is 4.20. The first-order valence-electron chi connectivity index (χ1n) is 6.06. The molecule has 0 aromatic rings. The van der Waals surface area contributed by atoms with Crippen molar-refractivity contribution in [3.8, 4) is 0 Å². The molecule has 98 valence electrons. The standard InChI is InChI=1S/C11H20N2O3S/c1-9-7-17(15,16)6-5-13(9)10(14)11(2)3-4-12-8-11/h9,12H,3-8H2,1-2H3. The molecular weight excluding hydrogens is 240 g/mol. The number of rotatable bonds is 1. The van der Waals surface area contributed by atoms with Crippen LogP contribution in [0.3, 0.4) is 0 Å². The van der Waals surface area contributed by atoms with Gasteiger partial charge < -0.3 is 10.2 Å². The predicted octanol–water partition coefficient (Wildman–Crippen LogP) is -0.368. The third-order valence-corrected chi connectivity index (χ3v) is 5.61. The number of carbonyl (C=O) groups excluding carboxylic acids is 1. The first kappa shape index (κ1) is 12.8. The molecule has 0 aromatic carbocycles. The van der Waals surface area contributed by atoms with Crippen LogP contribution < -0.4 is 5.32 Å². The Morgan fingerprint density at radius 1 is 1.47 bits per heavy atom. The molecule has 1 N–H and O–H groups in total. The summed E-state index contributed by atoms with van der Waals surface area (Å²) in [5.74, 6) is 0.305. The highest BCUT2D eigenvalue weighted by Gasteiger charge is 2.42. The van der Waals surface area contributed by atoms with Crippen molar-refractivity contribution in [1.29, 1.82) is 0 Å². The number of nitrogens with one attached hydrogen (secondary N) is 1. The molecule has 17 heavy (non-hydrogen) atoms. The molecule has 6 heteroatoms. The van der Waals surface area contributed by atoms with Gasteiger partial charge in [-0.05, 0) is 26.8 Å². The van der Waals surface area contributed by atoms with E-state index >= 15 is 0 Å². The molecule has 0 radical (unpaired) electrons. The summed E-state index contributed by atoms with van der Waals surface area (Å²) in [4.78, 5) is 14.2. The molecule has 2 saturated heterocycles. The summed E-state index contributed by atoms with van der Waals surface area (Å²) in [5, 5.41) is 3.20. The van der Waals surface area contributed by atoms with Gasteiger partial charge in [0.1, 0.15) is 0 Å². The van der Waals surface area contributed by atoms with E-state index in [9.17, 15) is 13.2 Å². The summed E-state index contributed by atoms with van der Waals surface area (Å²) in [7, 11) is -2.95. The molecule has 1 amide bonds. The zero-order valence-corrected chi connectivity index (χ0v) is 11.2. The summed E-state index contributed by atoms with van der Waals surface area (Å²) in [6, 6.07) is -0.196. The lowest BCUT2D eigenvalue weighted by Crippen LogP contribution is -2.54. The average molecular weight is 260 g/mol. The maximum Gasteiger partial charge on any atom is 0.230 e. The molecule has 0 aliphatic carbocycles. The summed E-state index contributed by atoms with van der Waals surface area (Å²) in [5.41, 5.74) is -0.352. The summed E-state index contributed by atoms with van der Waals surface area (Å²) in [6.45, 7) is 5.69. The van der Waals surface area contributed by atoms with Crippen molar-refractivity contribution >= 4 is 15.7 Å². The largest absolute Gasteiger partial charge is 0.337 e. The van der Waals surface area contributed by atoms with E-state index in [4.69, 9.17) is 0 Å². The molecule has 2 fully saturated rings. The molecule has 0 bridgehead atoms. The van der Waals surface area contributed by atoms with Crippen LogP contribution in [-0.4, -0.2) is 56.4 Å². The van der Waals surface area contributed by atoms with Crippen LogP contribution in [-0.2, 0) is 14.6 Å². The van der Waals surface area contributed by atoms with Gasteiger partial charge in [0.25, 0.3) is 0 Å². The highest BCUT2D eigenvalue weighted by molar-refractivity contribution is 7.91. The minimum absolute atomic E-state index is 0.0995. The van der Waals surface area contributed by atoms with Crippen molar-refractivity contribution in [2.45, 2.75) is 26.3 Å². The van der Waals surface area contributed by atoms with Gasteiger partial charge in [0, 0.05) is 19.1 Å². The third-order valence-electron chi connectivity index (χ3n) is 3.82. The summed E-state index contributed by atoms with van der Waals surface area (Å²) < 4.78 is 23.0. The van der Waals surface area contributed by atoms with Crippen LogP contribution in [0.15, 0.2) is 0 Å². The Hall–Kier alpha value is -0.620. The molecular formula is C11H20N2O3S. The normalized spacial score (nSPS) is 37.1. The van der Waals surface area contributed by atoms with Crippen molar-refractivity contribution in [2.75, 3.05) is 31.1 Å². The predicted molar refractivity (Wildman–Crippen MR) is 65.4 cm³/mol. The molecule has 2 unspecified atom stereocenters. The Balaban J connectivity index is 2.11. The molecule has 2 atom stereocenters. The van der Waals surface area contributed by atoms with Crippen LogP contribution in [0.2, 0.25) is 0 Å². The van der Waals surface area contributed by atoms with E-state index in [1.54, 1.807) is 4.90 Å². The van der Waals surface area contributed by atoms with Crippen LogP contribution in [0.5, 0.6) is 0 Å². The molecule has 0 aromatic heterocycles. The molecule has 2 aliphatic rings. The lowest BCUT2D eigenvalue weighted by molar-refractivity contribution is -0.141. The van der Waals surface area contributed by atoms with Gasteiger partial charge in [-0.3, -0.25) is 4.79 Å². The highest BCUT2D eigenvalue weighted by atomic mass is 32.2. The topological polar surface area (TPSA) is 66.5 Å². The Morgan fingerprint density at radius 2 is 2.18 bits per heavy atom. The van der Waals surface area contributed by atoms with Crippen LogP contribution in [0.1, 0.15) is 20.3 Å². The number of sulfone groups is 1. The summed E-state index contributed by atoms with van der Waals surface area (Å²) in [6.07, 6.45) is 0.835. The smallest absolute Gasteiger partial charge is 0.230 e. The Labute approximate surface area is 102 Å². The zero-order valence-electron chi connectivity index (χ0n) is 10.4. The molecule has 2 heterocycles. The zero-order chi connectivity index (χ0) is 12.7. The van der Waals surface area contributed by atoms with Gasteiger partial charge in [0.2, 0.25) is 5.91 Å². The first-order chi connectivity index (χ1) is 7.84. The van der Waals surface area contributed by atoms with Gasteiger partial charge in [-0.25, -0.2) is 8.42 Å². The molecule has 0 saturated carbocycles. The van der Waals surface area contributed by atoms with E-state index in [-0.39, 0.29) is 28.9 Å². The Bertz CT molecular complexity index is 412. The minimum Gasteiger partial charge on any atom is -0.337 e. The SMILES string of the molecule is CC1CS(=O)(=O)CCN1C(=O)C1(C)CCNC1. The third kappa shape index (κ3) is 2.47. The highest BCUT2D eigenvalue weighted by Crippen LogP contribution is 2.29. The van der Waals surface area contributed by atoms with Gasteiger partial charge in [0.05, 0.1) is 16.9 Å². The second-order valence-electron chi connectivity index (χ2n) is 5.45. The number of amides is 1. The lowest BCUT2D eigenvalue weighted by Gasteiger charge is -2.38.